The van der Waals surface area contributed by atoms with Crippen LogP contribution in [0.2, 0.25) is 0 Å². The number of likely N-dealkylation sites (tertiary alicyclic amines) is 1. The highest BCUT2D eigenvalue weighted by molar-refractivity contribution is 6.07. The first kappa shape index (κ1) is 35.2. The summed E-state index contributed by atoms with van der Waals surface area (Å²) >= 11 is 0. The molecule has 4 atom stereocenters. The Morgan fingerprint density at radius 1 is 1.04 bits per heavy atom. The van der Waals surface area contributed by atoms with E-state index < -0.39 is 47.4 Å². The number of fused-ring (bicyclic) bond motifs is 3. The van der Waals surface area contributed by atoms with E-state index in [4.69, 9.17) is 9.72 Å². The number of hydrogen-bond donors (Lipinski definition) is 2. The number of urea groups is 1. The number of rotatable bonds is 14. The lowest BCUT2D eigenvalue weighted by atomic mass is 10.0. The molecule has 2 N–H and O–H groups in total. The van der Waals surface area contributed by atoms with Crippen molar-refractivity contribution in [1.29, 1.82) is 0 Å². The molecule has 1 saturated carbocycles. The van der Waals surface area contributed by atoms with E-state index in [0.717, 1.165) is 45.8 Å². The van der Waals surface area contributed by atoms with Crippen molar-refractivity contribution in [3.63, 3.8) is 0 Å². The summed E-state index contributed by atoms with van der Waals surface area (Å²) in [5.41, 5.74) is -0.0306. The van der Waals surface area contributed by atoms with Crippen molar-refractivity contribution in [2.75, 3.05) is 13.1 Å². The number of carbonyl (C=O) groups is 4. The number of nitrogens with one attached hydrogen (secondary N) is 1. The predicted octanol–water partition coefficient (Wildman–Crippen LogP) is 5.85. The lowest BCUT2D eigenvalue weighted by Gasteiger charge is -2.35. The number of amides is 4. The molecule has 3 unspecified atom stereocenters. The number of pyridine rings is 1. The van der Waals surface area contributed by atoms with Gasteiger partial charge in [-0.15, -0.1) is 13.2 Å². The molecule has 1 saturated heterocycles. The number of carboxylic acids is 1. The van der Waals surface area contributed by atoms with Crippen LogP contribution in [0, 0.1) is 12.8 Å². The maximum absolute atomic E-state index is 14.6. The van der Waals surface area contributed by atoms with E-state index in [0.29, 0.717) is 24.4 Å². The number of aliphatic carboxylic acids is 1. The van der Waals surface area contributed by atoms with Crippen molar-refractivity contribution in [2.24, 2.45) is 5.92 Å². The van der Waals surface area contributed by atoms with Crippen LogP contribution in [0.1, 0.15) is 61.1 Å². The van der Waals surface area contributed by atoms with Gasteiger partial charge in [-0.2, -0.15) is 0 Å². The molecule has 264 valence electrons. The number of carboxylic acid groups (broad SMARTS) is 1. The molecule has 2 fully saturated rings. The molecule has 12 nitrogen and oxygen atoms in total. The Kier molecular flexibility index (Phi) is 10.4. The molecule has 0 bridgehead atoms. The van der Waals surface area contributed by atoms with Crippen molar-refractivity contribution in [2.45, 2.75) is 69.6 Å². The Hall–Kier alpha value is -5.65. The highest BCUT2D eigenvalue weighted by atomic mass is 16.5. The van der Waals surface area contributed by atoms with Crippen molar-refractivity contribution >= 4 is 45.5 Å². The Bertz CT molecular complexity index is 1980. The molecule has 3 heterocycles. The van der Waals surface area contributed by atoms with Crippen LogP contribution in [0.15, 0.2) is 86.2 Å². The van der Waals surface area contributed by atoms with Crippen LogP contribution < -0.4 is 10.1 Å². The Balaban J connectivity index is 1.26. The van der Waals surface area contributed by atoms with Crippen LogP contribution in [0.3, 0.4) is 0 Å². The number of imide groups is 1. The van der Waals surface area contributed by atoms with Gasteiger partial charge in [-0.05, 0) is 50.1 Å². The molecule has 2 aromatic heterocycles. The third kappa shape index (κ3) is 7.30. The molecule has 6 rings (SSSR count). The fourth-order valence-electron chi connectivity index (χ4n) is 6.84. The third-order valence-corrected chi connectivity index (χ3v) is 9.74. The Morgan fingerprint density at radius 3 is 2.47 bits per heavy atom. The van der Waals surface area contributed by atoms with Gasteiger partial charge in [0.1, 0.15) is 17.8 Å². The first-order valence-electron chi connectivity index (χ1n) is 17.3. The van der Waals surface area contributed by atoms with Gasteiger partial charge in [0.15, 0.2) is 0 Å². The molecule has 12 heteroatoms. The number of para-hydroxylation sites is 1. The minimum absolute atomic E-state index is 0.0190. The van der Waals surface area contributed by atoms with Crippen molar-refractivity contribution < 1.29 is 29.0 Å². The second-order valence-electron chi connectivity index (χ2n) is 13.2. The van der Waals surface area contributed by atoms with E-state index in [1.165, 1.54) is 23.4 Å². The van der Waals surface area contributed by atoms with Crippen molar-refractivity contribution in [3.8, 4) is 5.88 Å². The predicted molar refractivity (Wildman–Crippen MR) is 192 cm³/mol. The average molecular weight is 691 g/mol. The van der Waals surface area contributed by atoms with Gasteiger partial charge in [0, 0.05) is 29.9 Å². The first-order valence-corrected chi connectivity index (χ1v) is 17.3. The van der Waals surface area contributed by atoms with Crippen LogP contribution in [-0.4, -0.2) is 84.4 Å². The lowest BCUT2D eigenvalue weighted by Crippen LogP contribution is -2.58. The van der Waals surface area contributed by atoms with E-state index >= 15 is 0 Å². The summed E-state index contributed by atoms with van der Waals surface area (Å²) in [6.07, 6.45) is 9.22. The number of ether oxygens (including phenoxy) is 1. The molecule has 51 heavy (non-hydrogen) atoms. The van der Waals surface area contributed by atoms with Crippen LogP contribution in [-0.2, 0) is 9.59 Å². The first-order chi connectivity index (χ1) is 24.7. The second kappa shape index (κ2) is 15.1. The number of carbonyl (C=O) groups excluding carboxylic acids is 3. The molecule has 4 aromatic rings. The average Bonchev–Trinajstić information content (AvgIpc) is 3.70. The second-order valence-corrected chi connectivity index (χ2v) is 13.2. The molecule has 1 aliphatic carbocycles. The van der Waals surface area contributed by atoms with E-state index in [2.05, 4.69) is 28.4 Å². The normalized spacial score (nSPS) is 20.1. The molecule has 1 aliphatic heterocycles. The summed E-state index contributed by atoms with van der Waals surface area (Å²) in [5.74, 6) is -3.05. The summed E-state index contributed by atoms with van der Waals surface area (Å²) in [7, 11) is 0. The van der Waals surface area contributed by atoms with Crippen LogP contribution in [0.25, 0.3) is 21.7 Å². The summed E-state index contributed by atoms with van der Waals surface area (Å²) in [6, 6.07) is 13.9. The largest absolute Gasteiger partial charge is 0.481 e. The molecule has 4 amide bonds. The van der Waals surface area contributed by atoms with Gasteiger partial charge >= 0.3 is 12.0 Å². The van der Waals surface area contributed by atoms with Gasteiger partial charge in [0.2, 0.25) is 5.88 Å². The van der Waals surface area contributed by atoms with E-state index in [-0.39, 0.29) is 31.6 Å². The van der Waals surface area contributed by atoms with Crippen LogP contribution in [0.5, 0.6) is 5.88 Å². The number of hydrogen-bond acceptors (Lipinski definition) is 8. The van der Waals surface area contributed by atoms with Gasteiger partial charge in [-0.3, -0.25) is 24.3 Å². The van der Waals surface area contributed by atoms with Gasteiger partial charge in [-0.25, -0.2) is 14.8 Å². The van der Waals surface area contributed by atoms with Crippen LogP contribution in [0.4, 0.5) is 4.79 Å². The molecular weight excluding hydrogens is 648 g/mol. The van der Waals surface area contributed by atoms with Gasteiger partial charge < -0.3 is 20.1 Å². The standard InChI is InChI=1S/C39H42N6O6/c1-4-6-7-8-9-18-32(42-34(46)33-23-40-25(3)22-41-33)36(47)45(39(5-2)21-30(39)37(48)49)38(50)44-20-19-26(24-44)51-35-29-16-11-10-14-27(29)28-15-12-13-17-31(28)43-35/h4-5,10-17,22-23,26,30,32H,1-2,6-9,18-21,24H2,3H3,(H,42,46)(H,48,49)/t26?,30?,32-,39?/m0/s1. The fraction of sp³-hybridized carbons (Fsp3) is 0.359. The van der Waals surface area contributed by atoms with Crippen LogP contribution >= 0.6 is 0 Å². The Morgan fingerprint density at radius 2 is 1.78 bits per heavy atom. The molecule has 0 spiro atoms. The maximum Gasteiger partial charge on any atom is 0.327 e. The zero-order chi connectivity index (χ0) is 36.1. The number of nitrogens with zero attached hydrogens (tertiary/aromatic N) is 5. The summed E-state index contributed by atoms with van der Waals surface area (Å²) in [5, 5.41) is 15.6. The van der Waals surface area contributed by atoms with Gasteiger partial charge in [0.25, 0.3) is 11.8 Å². The summed E-state index contributed by atoms with van der Waals surface area (Å²) in [4.78, 5) is 70.2. The zero-order valence-electron chi connectivity index (χ0n) is 28.7. The van der Waals surface area contributed by atoms with Gasteiger partial charge in [0.05, 0.1) is 35.4 Å². The number of aryl methyl sites for hydroxylation is 1. The highest BCUT2D eigenvalue weighted by Gasteiger charge is 2.65. The molecule has 2 aliphatic rings. The fourth-order valence-corrected chi connectivity index (χ4v) is 6.84. The van der Waals surface area contributed by atoms with E-state index in [1.54, 1.807) is 6.92 Å². The number of unbranched alkanes of at least 4 members (excludes halogenated alkanes) is 3. The zero-order valence-corrected chi connectivity index (χ0v) is 28.7. The number of benzene rings is 2. The lowest BCUT2D eigenvalue weighted by molar-refractivity contribution is -0.140. The van der Waals surface area contributed by atoms with Gasteiger partial charge in [-0.1, -0.05) is 61.4 Å². The topological polar surface area (TPSA) is 155 Å². The SMILES string of the molecule is C=CCCCCC[C@H](NC(=O)c1cnc(C)cn1)C(=O)N(C(=O)N1CCC(Oc2nc3ccccc3c3ccccc23)C1)C1(C=C)CC1C(=O)O. The molecular formula is C39H42N6O6. The van der Waals surface area contributed by atoms with Crippen molar-refractivity contribution in [1.82, 2.24) is 30.1 Å². The smallest absolute Gasteiger partial charge is 0.327 e. The summed E-state index contributed by atoms with van der Waals surface area (Å²) < 4.78 is 6.45. The minimum atomic E-state index is -1.45. The van der Waals surface area contributed by atoms with Crippen molar-refractivity contribution in [3.05, 3.63) is 97.6 Å². The van der Waals surface area contributed by atoms with E-state index in [1.807, 2.05) is 54.6 Å². The number of aromatic nitrogens is 3. The Labute approximate surface area is 296 Å². The molecule has 2 aromatic carbocycles. The maximum atomic E-state index is 14.6. The minimum Gasteiger partial charge on any atom is -0.481 e. The summed E-state index contributed by atoms with van der Waals surface area (Å²) in [6.45, 7) is 9.77. The third-order valence-electron chi connectivity index (χ3n) is 9.74. The van der Waals surface area contributed by atoms with E-state index in [9.17, 15) is 24.3 Å². The monoisotopic (exact) mass is 690 g/mol. The molecule has 0 radical (unpaired) electrons. The highest BCUT2D eigenvalue weighted by Crippen LogP contribution is 2.51. The number of allylic oxidation sites excluding steroid dienone is 1. The quantitative estimate of drug-likeness (QED) is 0.0942.